The summed E-state index contributed by atoms with van der Waals surface area (Å²) in [7, 11) is 0. The number of aliphatic hydroxyl groups excluding tert-OH is 1. The van der Waals surface area contributed by atoms with Crippen LogP contribution in [0, 0.1) is 17.2 Å². The van der Waals surface area contributed by atoms with Crippen molar-refractivity contribution < 1.29 is 23.1 Å². The van der Waals surface area contributed by atoms with Crippen molar-refractivity contribution in [2.45, 2.75) is 32.0 Å². The van der Waals surface area contributed by atoms with Crippen LogP contribution in [0.5, 0.6) is 0 Å². The van der Waals surface area contributed by atoms with Gasteiger partial charge in [-0.15, -0.1) is 0 Å². The summed E-state index contributed by atoms with van der Waals surface area (Å²) in [5.41, 5.74) is -1.57. The Labute approximate surface area is 137 Å². The van der Waals surface area contributed by atoms with Gasteiger partial charge in [0, 0.05) is 18.8 Å². The average molecular weight is 341 g/mol. The molecule has 0 saturated carbocycles. The largest absolute Gasteiger partial charge is 0.417 e. The fourth-order valence-corrected chi connectivity index (χ4v) is 2.74. The maximum Gasteiger partial charge on any atom is 0.417 e. The molecule has 2 rings (SSSR count). The van der Waals surface area contributed by atoms with Crippen LogP contribution in [0.25, 0.3) is 0 Å². The normalized spacial score (nSPS) is 17.2. The molecule has 2 N–H and O–H groups in total. The van der Waals surface area contributed by atoms with Gasteiger partial charge in [0.05, 0.1) is 23.3 Å². The molecule has 1 aromatic carbocycles. The zero-order valence-corrected chi connectivity index (χ0v) is 13.1. The number of aliphatic hydroxyl groups is 1. The number of nitrogens with zero attached hydrogens (tertiary/aromatic N) is 2. The second-order valence-corrected chi connectivity index (χ2v) is 5.87. The maximum atomic E-state index is 12.9. The summed E-state index contributed by atoms with van der Waals surface area (Å²) >= 11 is 0. The van der Waals surface area contributed by atoms with Crippen LogP contribution in [0.2, 0.25) is 0 Å². The minimum atomic E-state index is -4.67. The Morgan fingerprint density at radius 1 is 1.42 bits per heavy atom. The molecule has 0 aromatic heterocycles. The summed E-state index contributed by atoms with van der Waals surface area (Å²) in [6.07, 6.45) is -3.82. The lowest BCUT2D eigenvalue weighted by Crippen LogP contribution is -2.42. The predicted molar refractivity (Wildman–Crippen MR) is 81.2 cm³/mol. The molecule has 1 unspecified atom stereocenters. The number of carbonyl (C=O) groups excluding carboxylic acids is 1. The van der Waals surface area contributed by atoms with Crippen LogP contribution in [-0.4, -0.2) is 35.2 Å². The Morgan fingerprint density at radius 2 is 2.04 bits per heavy atom. The highest BCUT2D eigenvalue weighted by Crippen LogP contribution is 2.33. The number of likely N-dealkylation sites (tertiary alicyclic amines) is 1. The van der Waals surface area contributed by atoms with E-state index in [1.54, 1.807) is 6.92 Å². The van der Waals surface area contributed by atoms with Crippen molar-refractivity contribution in [1.29, 1.82) is 5.26 Å². The van der Waals surface area contributed by atoms with Gasteiger partial charge in [0.1, 0.15) is 0 Å². The molecule has 0 spiro atoms. The number of piperidine rings is 1. The van der Waals surface area contributed by atoms with Crippen LogP contribution in [0.1, 0.15) is 30.9 Å². The summed E-state index contributed by atoms with van der Waals surface area (Å²) < 4.78 is 38.8. The molecular weight excluding hydrogens is 323 g/mol. The van der Waals surface area contributed by atoms with Gasteiger partial charge in [-0.1, -0.05) is 0 Å². The third kappa shape index (κ3) is 4.17. The number of amides is 2. The van der Waals surface area contributed by atoms with E-state index < -0.39 is 29.4 Å². The molecule has 0 radical (unpaired) electrons. The molecule has 130 valence electrons. The van der Waals surface area contributed by atoms with Crippen molar-refractivity contribution in [3.05, 3.63) is 29.3 Å². The number of rotatable bonds is 2. The van der Waals surface area contributed by atoms with E-state index in [2.05, 4.69) is 5.32 Å². The van der Waals surface area contributed by atoms with Gasteiger partial charge in [-0.2, -0.15) is 18.4 Å². The summed E-state index contributed by atoms with van der Waals surface area (Å²) in [4.78, 5) is 13.7. The lowest BCUT2D eigenvalue weighted by molar-refractivity contribution is -0.137. The summed E-state index contributed by atoms with van der Waals surface area (Å²) in [6.45, 7) is 2.57. The molecule has 24 heavy (non-hydrogen) atoms. The number of hydrogen-bond donors (Lipinski definition) is 2. The van der Waals surface area contributed by atoms with E-state index in [-0.39, 0.29) is 11.6 Å². The number of nitrogens with one attached hydrogen (secondary N) is 1. The van der Waals surface area contributed by atoms with E-state index in [9.17, 15) is 23.1 Å². The first-order chi connectivity index (χ1) is 11.2. The number of halogens is 3. The highest BCUT2D eigenvalue weighted by atomic mass is 19.4. The number of alkyl halides is 3. The van der Waals surface area contributed by atoms with Crippen LogP contribution < -0.4 is 5.32 Å². The van der Waals surface area contributed by atoms with Crippen molar-refractivity contribution in [1.82, 2.24) is 4.90 Å². The number of anilines is 1. The Kier molecular flexibility index (Phi) is 5.34. The predicted octanol–water partition coefficient (Wildman–Crippen LogP) is 3.20. The highest BCUT2D eigenvalue weighted by molar-refractivity contribution is 5.89. The number of carbonyl (C=O) groups is 1. The monoisotopic (exact) mass is 341 g/mol. The standard InChI is InChI=1S/C16H18F3N3O2/c1-10(23)11-4-6-22(7-5-11)15(24)21-13-3-2-12(9-20)14(8-13)16(17,18)19/h2-3,8,10-11,23H,4-7H2,1H3,(H,21,24). The molecule has 0 bridgehead atoms. The van der Waals surface area contributed by atoms with Gasteiger partial charge in [0.2, 0.25) is 0 Å². The Bertz CT molecular complexity index is 645. The van der Waals surface area contributed by atoms with Crippen LogP contribution in [0.15, 0.2) is 18.2 Å². The molecule has 1 saturated heterocycles. The van der Waals surface area contributed by atoms with Crippen molar-refractivity contribution in [3.63, 3.8) is 0 Å². The average Bonchev–Trinajstić information content (AvgIpc) is 2.54. The molecule has 1 atom stereocenters. The molecule has 1 fully saturated rings. The quantitative estimate of drug-likeness (QED) is 0.867. The Hall–Kier alpha value is -2.27. The van der Waals surface area contributed by atoms with E-state index in [0.29, 0.717) is 25.9 Å². The van der Waals surface area contributed by atoms with Crippen molar-refractivity contribution in [2.24, 2.45) is 5.92 Å². The van der Waals surface area contributed by atoms with Crippen LogP contribution in [0.4, 0.5) is 23.7 Å². The van der Waals surface area contributed by atoms with Crippen LogP contribution in [0.3, 0.4) is 0 Å². The molecule has 5 nitrogen and oxygen atoms in total. The fraction of sp³-hybridized carbons (Fsp3) is 0.500. The van der Waals surface area contributed by atoms with Gasteiger partial charge in [-0.05, 0) is 43.9 Å². The summed E-state index contributed by atoms with van der Waals surface area (Å²) in [5.74, 6) is 0.126. The summed E-state index contributed by atoms with van der Waals surface area (Å²) in [6, 6.07) is 4.08. The topological polar surface area (TPSA) is 76.4 Å². The first-order valence-electron chi connectivity index (χ1n) is 7.57. The molecule has 2 amide bonds. The lowest BCUT2D eigenvalue weighted by Gasteiger charge is -2.33. The zero-order valence-electron chi connectivity index (χ0n) is 13.1. The van der Waals surface area contributed by atoms with Gasteiger partial charge in [-0.25, -0.2) is 4.79 Å². The first kappa shape index (κ1) is 18.1. The van der Waals surface area contributed by atoms with Crippen molar-refractivity contribution >= 4 is 11.7 Å². The van der Waals surface area contributed by atoms with Crippen LogP contribution >= 0.6 is 0 Å². The Balaban J connectivity index is 2.06. The molecule has 0 aliphatic carbocycles. The Morgan fingerprint density at radius 3 is 2.54 bits per heavy atom. The maximum absolute atomic E-state index is 12.9. The third-order valence-corrected chi connectivity index (χ3v) is 4.21. The SMILES string of the molecule is CC(O)C1CCN(C(=O)Nc2ccc(C#N)c(C(F)(F)F)c2)CC1. The molecule has 1 aliphatic rings. The molecular formula is C16H18F3N3O2. The van der Waals surface area contributed by atoms with E-state index in [1.165, 1.54) is 17.0 Å². The summed E-state index contributed by atoms with van der Waals surface area (Å²) in [5, 5.41) is 20.7. The van der Waals surface area contributed by atoms with Crippen LogP contribution in [-0.2, 0) is 6.18 Å². The minimum Gasteiger partial charge on any atom is -0.393 e. The van der Waals surface area contributed by atoms with Gasteiger partial charge >= 0.3 is 12.2 Å². The fourth-order valence-electron chi connectivity index (χ4n) is 2.74. The minimum absolute atomic E-state index is 0.0102. The van der Waals surface area contributed by atoms with Gasteiger partial charge in [0.15, 0.2) is 0 Å². The number of nitriles is 1. The molecule has 1 aliphatic heterocycles. The van der Waals surface area contributed by atoms with E-state index in [4.69, 9.17) is 5.26 Å². The second-order valence-electron chi connectivity index (χ2n) is 5.87. The van der Waals surface area contributed by atoms with Gasteiger partial charge in [0.25, 0.3) is 0 Å². The van der Waals surface area contributed by atoms with Crippen molar-refractivity contribution in [3.8, 4) is 6.07 Å². The number of benzene rings is 1. The molecule has 1 aromatic rings. The van der Waals surface area contributed by atoms with Crippen molar-refractivity contribution in [2.75, 3.05) is 18.4 Å². The zero-order chi connectivity index (χ0) is 17.9. The first-order valence-corrected chi connectivity index (χ1v) is 7.57. The van der Waals surface area contributed by atoms with Gasteiger partial charge in [-0.3, -0.25) is 0 Å². The number of urea groups is 1. The smallest absolute Gasteiger partial charge is 0.393 e. The highest BCUT2D eigenvalue weighted by Gasteiger charge is 2.34. The third-order valence-electron chi connectivity index (χ3n) is 4.21. The number of hydrogen-bond acceptors (Lipinski definition) is 3. The second kappa shape index (κ2) is 7.09. The van der Waals surface area contributed by atoms with E-state index in [0.717, 1.165) is 12.1 Å². The molecule has 8 heteroatoms. The lowest BCUT2D eigenvalue weighted by atomic mass is 9.92. The van der Waals surface area contributed by atoms with E-state index >= 15 is 0 Å². The molecule has 1 heterocycles. The van der Waals surface area contributed by atoms with Gasteiger partial charge < -0.3 is 15.3 Å². The van der Waals surface area contributed by atoms with E-state index in [1.807, 2.05) is 0 Å².